The van der Waals surface area contributed by atoms with Crippen LogP contribution in [-0.2, 0) is 20.7 Å². The van der Waals surface area contributed by atoms with E-state index in [4.69, 9.17) is 0 Å². The third kappa shape index (κ3) is 6.26. The molecule has 1 N–H and O–H groups in total. The van der Waals surface area contributed by atoms with Crippen LogP contribution >= 0.6 is 0 Å². The summed E-state index contributed by atoms with van der Waals surface area (Å²) in [4.78, 5) is 37.0. The number of anilines is 1. The van der Waals surface area contributed by atoms with Gasteiger partial charge in [0.2, 0.25) is 11.8 Å². The monoisotopic (exact) mass is 368 g/mol. The molecule has 0 aliphatic carbocycles. The quantitative estimate of drug-likeness (QED) is 0.727. The molecule has 6 heteroatoms. The van der Waals surface area contributed by atoms with Gasteiger partial charge in [-0.15, -0.1) is 0 Å². The van der Waals surface area contributed by atoms with Crippen LogP contribution in [0.25, 0.3) is 0 Å². The van der Waals surface area contributed by atoms with Gasteiger partial charge in [0.1, 0.15) is 0 Å². The van der Waals surface area contributed by atoms with Gasteiger partial charge in [0.15, 0.2) is 0 Å². The number of benzene rings is 2. The third-order valence-corrected chi connectivity index (χ3v) is 4.12. The number of methoxy groups -OCH3 is 1. The van der Waals surface area contributed by atoms with Crippen LogP contribution in [0.3, 0.4) is 0 Å². The maximum absolute atomic E-state index is 12.1. The Bertz CT molecular complexity index is 773. The molecule has 0 unspecified atom stereocenters. The average molecular weight is 368 g/mol. The van der Waals surface area contributed by atoms with Crippen molar-refractivity contribution in [3.63, 3.8) is 0 Å². The van der Waals surface area contributed by atoms with Crippen molar-refractivity contribution in [2.24, 2.45) is 0 Å². The maximum atomic E-state index is 12.1. The van der Waals surface area contributed by atoms with E-state index in [1.807, 2.05) is 30.3 Å². The van der Waals surface area contributed by atoms with Gasteiger partial charge < -0.3 is 15.0 Å². The van der Waals surface area contributed by atoms with E-state index in [2.05, 4.69) is 10.1 Å². The number of ether oxygens (including phenoxy) is 1. The lowest BCUT2D eigenvalue weighted by Crippen LogP contribution is -2.34. The van der Waals surface area contributed by atoms with Gasteiger partial charge in [-0.25, -0.2) is 4.79 Å². The zero-order valence-corrected chi connectivity index (χ0v) is 15.6. The van der Waals surface area contributed by atoms with Crippen LogP contribution in [0.1, 0.15) is 29.3 Å². The number of carbonyl (C=O) groups is 3. The molecule has 6 nitrogen and oxygen atoms in total. The molecule has 0 saturated carbocycles. The maximum Gasteiger partial charge on any atom is 0.337 e. The second-order valence-electron chi connectivity index (χ2n) is 6.04. The fourth-order valence-corrected chi connectivity index (χ4v) is 2.66. The van der Waals surface area contributed by atoms with Crippen LogP contribution in [0.5, 0.6) is 0 Å². The summed E-state index contributed by atoms with van der Waals surface area (Å²) in [5.74, 6) is -0.713. The van der Waals surface area contributed by atoms with Crippen molar-refractivity contribution < 1.29 is 19.1 Å². The largest absolute Gasteiger partial charge is 0.465 e. The highest BCUT2D eigenvalue weighted by atomic mass is 16.5. The van der Waals surface area contributed by atoms with Crippen LogP contribution in [0.2, 0.25) is 0 Å². The number of esters is 1. The standard InChI is InChI=1S/C21H24N2O4/c1-16(24)23(19-10-8-18(9-11-19)21(26)27-2)15-13-20(25)22-14-12-17-6-4-3-5-7-17/h3-11H,12-15H2,1-2H3,(H,22,25). The Labute approximate surface area is 159 Å². The number of carbonyl (C=O) groups excluding carboxylic acids is 3. The van der Waals surface area contributed by atoms with E-state index in [-0.39, 0.29) is 24.8 Å². The molecule has 2 rings (SSSR count). The molecule has 0 saturated heterocycles. The molecule has 0 aromatic heterocycles. The minimum atomic E-state index is -0.436. The Morgan fingerprint density at radius 3 is 2.26 bits per heavy atom. The summed E-state index contributed by atoms with van der Waals surface area (Å²) < 4.78 is 4.66. The second kappa shape index (κ2) is 10.1. The predicted molar refractivity (Wildman–Crippen MR) is 104 cm³/mol. The fourth-order valence-electron chi connectivity index (χ4n) is 2.66. The van der Waals surface area contributed by atoms with Gasteiger partial charge in [-0.3, -0.25) is 9.59 Å². The molecular weight excluding hydrogens is 344 g/mol. The highest BCUT2D eigenvalue weighted by Crippen LogP contribution is 2.16. The Balaban J connectivity index is 1.85. The topological polar surface area (TPSA) is 75.7 Å². The van der Waals surface area contributed by atoms with Crippen molar-refractivity contribution in [3.05, 3.63) is 65.7 Å². The van der Waals surface area contributed by atoms with Gasteiger partial charge in [0.25, 0.3) is 0 Å². The first-order valence-electron chi connectivity index (χ1n) is 8.78. The summed E-state index contributed by atoms with van der Waals surface area (Å²) in [5, 5.41) is 2.87. The first-order chi connectivity index (χ1) is 13.0. The first-order valence-corrected chi connectivity index (χ1v) is 8.78. The molecule has 0 aliphatic rings. The van der Waals surface area contributed by atoms with Crippen molar-refractivity contribution in [3.8, 4) is 0 Å². The number of nitrogens with zero attached hydrogens (tertiary/aromatic N) is 1. The molecule has 0 bridgehead atoms. The van der Waals surface area contributed by atoms with Crippen molar-refractivity contribution in [2.45, 2.75) is 19.8 Å². The normalized spacial score (nSPS) is 10.1. The SMILES string of the molecule is COC(=O)c1ccc(N(CCC(=O)NCCc2ccccc2)C(C)=O)cc1. The molecule has 142 valence electrons. The van der Waals surface area contributed by atoms with E-state index in [1.54, 1.807) is 24.3 Å². The fraction of sp³-hybridized carbons (Fsp3) is 0.286. The molecule has 27 heavy (non-hydrogen) atoms. The number of hydrogen-bond donors (Lipinski definition) is 1. The van der Waals surface area contributed by atoms with Gasteiger partial charge >= 0.3 is 5.97 Å². The third-order valence-electron chi connectivity index (χ3n) is 4.12. The van der Waals surface area contributed by atoms with E-state index >= 15 is 0 Å². The summed E-state index contributed by atoms with van der Waals surface area (Å²) in [6.07, 6.45) is 0.963. The Morgan fingerprint density at radius 1 is 1.00 bits per heavy atom. The molecule has 2 amide bonds. The van der Waals surface area contributed by atoms with E-state index in [0.717, 1.165) is 12.0 Å². The Morgan fingerprint density at radius 2 is 1.67 bits per heavy atom. The van der Waals surface area contributed by atoms with Gasteiger partial charge in [-0.2, -0.15) is 0 Å². The van der Waals surface area contributed by atoms with Crippen molar-refractivity contribution in [1.29, 1.82) is 0 Å². The van der Waals surface area contributed by atoms with Crippen LogP contribution in [-0.4, -0.2) is 38.0 Å². The number of hydrogen-bond acceptors (Lipinski definition) is 4. The van der Waals surface area contributed by atoms with Gasteiger partial charge in [-0.1, -0.05) is 30.3 Å². The second-order valence-corrected chi connectivity index (χ2v) is 6.04. The molecule has 0 heterocycles. The lowest BCUT2D eigenvalue weighted by molar-refractivity contribution is -0.121. The van der Waals surface area contributed by atoms with Crippen LogP contribution in [0.15, 0.2) is 54.6 Å². The molecule has 2 aromatic rings. The van der Waals surface area contributed by atoms with Crippen molar-refractivity contribution >= 4 is 23.5 Å². The zero-order chi connectivity index (χ0) is 19.6. The molecular formula is C21H24N2O4. The van der Waals surface area contributed by atoms with E-state index < -0.39 is 5.97 Å². The summed E-state index contributed by atoms with van der Waals surface area (Å²) in [6, 6.07) is 16.4. The Kier molecular flexibility index (Phi) is 7.55. The highest BCUT2D eigenvalue weighted by molar-refractivity contribution is 5.94. The predicted octanol–water partition coefficient (Wildman–Crippen LogP) is 2.58. The van der Waals surface area contributed by atoms with Crippen LogP contribution < -0.4 is 10.2 Å². The number of amides is 2. The average Bonchev–Trinajstić information content (AvgIpc) is 2.68. The smallest absolute Gasteiger partial charge is 0.337 e. The summed E-state index contributed by atoms with van der Waals surface area (Å²) >= 11 is 0. The van der Waals surface area contributed by atoms with Gasteiger partial charge in [-0.05, 0) is 36.2 Å². The van der Waals surface area contributed by atoms with Crippen molar-refractivity contribution in [1.82, 2.24) is 5.32 Å². The summed E-state index contributed by atoms with van der Waals surface area (Å²) in [7, 11) is 1.31. The van der Waals surface area contributed by atoms with E-state index in [0.29, 0.717) is 17.8 Å². The number of rotatable bonds is 8. The van der Waals surface area contributed by atoms with E-state index in [1.165, 1.54) is 18.9 Å². The highest BCUT2D eigenvalue weighted by Gasteiger charge is 2.14. The zero-order valence-electron chi connectivity index (χ0n) is 15.6. The minimum Gasteiger partial charge on any atom is -0.465 e. The van der Waals surface area contributed by atoms with Crippen molar-refractivity contribution in [2.75, 3.05) is 25.1 Å². The lowest BCUT2D eigenvalue weighted by Gasteiger charge is -2.21. The molecule has 0 radical (unpaired) electrons. The summed E-state index contributed by atoms with van der Waals surface area (Å²) in [5.41, 5.74) is 2.20. The minimum absolute atomic E-state index is 0.108. The molecule has 0 atom stereocenters. The van der Waals surface area contributed by atoms with Crippen LogP contribution in [0, 0.1) is 0 Å². The van der Waals surface area contributed by atoms with Crippen LogP contribution in [0.4, 0.5) is 5.69 Å². The molecule has 0 spiro atoms. The van der Waals surface area contributed by atoms with Gasteiger partial charge in [0, 0.05) is 32.1 Å². The van der Waals surface area contributed by atoms with E-state index in [9.17, 15) is 14.4 Å². The molecule has 0 fully saturated rings. The number of nitrogens with one attached hydrogen (secondary N) is 1. The lowest BCUT2D eigenvalue weighted by atomic mass is 10.1. The molecule has 2 aromatic carbocycles. The molecule has 0 aliphatic heterocycles. The first kappa shape index (κ1) is 20.2. The van der Waals surface area contributed by atoms with Gasteiger partial charge in [0.05, 0.1) is 12.7 Å². The Hall–Kier alpha value is -3.15. The summed E-state index contributed by atoms with van der Waals surface area (Å²) in [6.45, 7) is 2.27.